The summed E-state index contributed by atoms with van der Waals surface area (Å²) in [6.45, 7) is 1.64. The fourth-order valence-corrected chi connectivity index (χ4v) is 1.88. The first-order chi connectivity index (χ1) is 4.79. The fourth-order valence-electron chi connectivity index (χ4n) is 0.967. The highest BCUT2D eigenvalue weighted by Gasteiger charge is 2.05. The number of hydrogen-bond acceptors (Lipinski definition) is 2. The van der Waals surface area contributed by atoms with Crippen LogP contribution >= 0.6 is 11.8 Å². The van der Waals surface area contributed by atoms with Crippen LogP contribution in [0.3, 0.4) is 0 Å². The van der Waals surface area contributed by atoms with Crippen LogP contribution in [0, 0.1) is 0 Å². The Labute approximate surface area is 65.9 Å². The fraction of sp³-hybridized carbons (Fsp3) is 0.625. The molecule has 0 atom stereocenters. The lowest BCUT2D eigenvalue weighted by molar-refractivity contribution is -0.114. The van der Waals surface area contributed by atoms with E-state index < -0.39 is 0 Å². The van der Waals surface area contributed by atoms with E-state index in [2.05, 4.69) is 6.08 Å². The highest BCUT2D eigenvalue weighted by Crippen LogP contribution is 2.27. The number of rotatable bonds is 3. The van der Waals surface area contributed by atoms with Gasteiger partial charge < -0.3 is 0 Å². The highest BCUT2D eigenvalue weighted by atomic mass is 32.2. The minimum absolute atomic E-state index is 0.276. The van der Waals surface area contributed by atoms with Gasteiger partial charge in [-0.1, -0.05) is 6.08 Å². The van der Waals surface area contributed by atoms with Crippen LogP contribution in [0.1, 0.15) is 26.2 Å². The Hall–Kier alpha value is -0.240. The van der Waals surface area contributed by atoms with Gasteiger partial charge in [0, 0.05) is 0 Å². The van der Waals surface area contributed by atoms with E-state index in [0.29, 0.717) is 5.75 Å². The van der Waals surface area contributed by atoms with E-state index >= 15 is 0 Å². The number of carbonyl (C=O) groups is 1. The van der Waals surface area contributed by atoms with Crippen LogP contribution in [0.2, 0.25) is 0 Å². The first-order valence-electron chi connectivity index (χ1n) is 3.60. The van der Waals surface area contributed by atoms with Gasteiger partial charge >= 0.3 is 0 Å². The molecule has 0 aliphatic heterocycles. The topological polar surface area (TPSA) is 17.1 Å². The molecule has 0 fully saturated rings. The Bertz CT molecular complexity index is 161. The lowest BCUT2D eigenvalue weighted by Crippen LogP contribution is -1.92. The van der Waals surface area contributed by atoms with Crippen molar-refractivity contribution in [2.75, 3.05) is 5.75 Å². The second-order valence-corrected chi connectivity index (χ2v) is 3.66. The third-order valence-corrected chi connectivity index (χ3v) is 2.75. The van der Waals surface area contributed by atoms with Gasteiger partial charge in [0.05, 0.1) is 5.75 Å². The van der Waals surface area contributed by atoms with E-state index in [0.717, 1.165) is 0 Å². The smallest absolute Gasteiger partial charge is 0.140 e. The van der Waals surface area contributed by atoms with Gasteiger partial charge in [-0.2, -0.15) is 0 Å². The molecule has 0 aromatic carbocycles. The molecule has 0 amide bonds. The number of ketones is 1. The number of allylic oxidation sites excluding steroid dienone is 2. The van der Waals surface area contributed by atoms with Gasteiger partial charge in [0.15, 0.2) is 0 Å². The van der Waals surface area contributed by atoms with E-state index in [1.165, 1.54) is 24.2 Å². The van der Waals surface area contributed by atoms with Crippen molar-refractivity contribution in [1.82, 2.24) is 0 Å². The molecular formula is C8H12OS. The summed E-state index contributed by atoms with van der Waals surface area (Å²) in [4.78, 5) is 12.0. The molecule has 0 spiro atoms. The zero-order valence-electron chi connectivity index (χ0n) is 6.22. The van der Waals surface area contributed by atoms with E-state index in [1.54, 1.807) is 18.7 Å². The molecule has 0 saturated heterocycles. The molecule has 0 N–H and O–H groups in total. The zero-order valence-corrected chi connectivity index (χ0v) is 7.04. The van der Waals surface area contributed by atoms with E-state index in [-0.39, 0.29) is 5.78 Å². The third-order valence-electron chi connectivity index (χ3n) is 1.46. The second-order valence-electron chi connectivity index (χ2n) is 2.55. The van der Waals surface area contributed by atoms with Crippen LogP contribution in [0.5, 0.6) is 0 Å². The number of carbonyl (C=O) groups excluding carboxylic acids is 1. The normalized spacial score (nSPS) is 17.1. The standard InChI is InChI=1S/C8H12OS/c1-7(9)6-10-8-4-2-3-5-8/h4H,2-3,5-6H2,1H3. The zero-order chi connectivity index (χ0) is 7.40. The lowest BCUT2D eigenvalue weighted by atomic mass is 10.4. The van der Waals surface area contributed by atoms with Gasteiger partial charge in [-0.3, -0.25) is 4.79 Å². The van der Waals surface area contributed by atoms with Gasteiger partial charge in [0.1, 0.15) is 5.78 Å². The molecule has 0 aromatic rings. The molecule has 1 nitrogen and oxygen atoms in total. The van der Waals surface area contributed by atoms with Crippen LogP contribution in [-0.4, -0.2) is 11.5 Å². The van der Waals surface area contributed by atoms with Crippen LogP contribution in [0.4, 0.5) is 0 Å². The second kappa shape index (κ2) is 3.81. The summed E-state index contributed by atoms with van der Waals surface area (Å²) in [6.07, 6.45) is 5.92. The van der Waals surface area contributed by atoms with Crippen molar-refractivity contribution >= 4 is 17.5 Å². The van der Waals surface area contributed by atoms with E-state index in [4.69, 9.17) is 0 Å². The Morgan fingerprint density at radius 1 is 1.80 bits per heavy atom. The summed E-state index contributed by atoms with van der Waals surface area (Å²) >= 11 is 1.70. The summed E-state index contributed by atoms with van der Waals surface area (Å²) < 4.78 is 0. The van der Waals surface area contributed by atoms with Crippen LogP contribution in [0.15, 0.2) is 11.0 Å². The van der Waals surface area contributed by atoms with Crippen molar-refractivity contribution in [2.24, 2.45) is 0 Å². The quantitative estimate of drug-likeness (QED) is 0.624. The summed E-state index contributed by atoms with van der Waals surface area (Å²) in [5, 5.41) is 0. The molecule has 0 bridgehead atoms. The molecule has 1 aliphatic rings. The first kappa shape index (κ1) is 7.86. The van der Waals surface area contributed by atoms with Crippen LogP contribution < -0.4 is 0 Å². The Balaban J connectivity index is 2.19. The Kier molecular flexibility index (Phi) is 3.00. The SMILES string of the molecule is CC(=O)CSC1=CCCC1. The van der Waals surface area contributed by atoms with Gasteiger partial charge in [-0.25, -0.2) is 0 Å². The molecule has 0 saturated carbocycles. The van der Waals surface area contributed by atoms with Gasteiger partial charge in [-0.15, -0.1) is 11.8 Å². The summed E-state index contributed by atoms with van der Waals surface area (Å²) in [5.41, 5.74) is 0. The number of thioether (sulfide) groups is 1. The maximum absolute atomic E-state index is 10.6. The monoisotopic (exact) mass is 156 g/mol. The molecule has 0 unspecified atom stereocenters. The maximum Gasteiger partial charge on any atom is 0.140 e. The molecule has 2 heteroatoms. The predicted octanol–water partition coefficient (Wildman–Crippen LogP) is 2.38. The Morgan fingerprint density at radius 3 is 3.10 bits per heavy atom. The number of hydrogen-bond donors (Lipinski definition) is 0. The lowest BCUT2D eigenvalue weighted by Gasteiger charge is -1.96. The molecular weight excluding hydrogens is 144 g/mol. The summed E-state index contributed by atoms with van der Waals surface area (Å²) in [7, 11) is 0. The van der Waals surface area contributed by atoms with Gasteiger partial charge in [-0.05, 0) is 31.1 Å². The van der Waals surface area contributed by atoms with Crippen molar-refractivity contribution in [2.45, 2.75) is 26.2 Å². The molecule has 0 heterocycles. The molecule has 1 aliphatic carbocycles. The first-order valence-corrected chi connectivity index (χ1v) is 4.59. The van der Waals surface area contributed by atoms with E-state index in [9.17, 15) is 4.79 Å². The van der Waals surface area contributed by atoms with Gasteiger partial charge in [0.2, 0.25) is 0 Å². The van der Waals surface area contributed by atoms with Crippen molar-refractivity contribution in [3.05, 3.63) is 11.0 Å². The predicted molar refractivity (Wildman–Crippen MR) is 45.1 cm³/mol. The largest absolute Gasteiger partial charge is 0.299 e. The van der Waals surface area contributed by atoms with Crippen molar-refractivity contribution in [1.29, 1.82) is 0 Å². The Morgan fingerprint density at radius 2 is 2.60 bits per heavy atom. The van der Waals surface area contributed by atoms with Crippen molar-refractivity contribution in [3.8, 4) is 0 Å². The average molecular weight is 156 g/mol. The molecule has 56 valence electrons. The summed E-state index contributed by atoms with van der Waals surface area (Å²) in [6, 6.07) is 0. The number of Topliss-reactive ketones (excluding diaryl/α,β-unsaturated/α-hetero) is 1. The van der Waals surface area contributed by atoms with Crippen molar-refractivity contribution in [3.63, 3.8) is 0 Å². The molecule has 1 rings (SSSR count). The molecule has 0 aromatic heterocycles. The average Bonchev–Trinajstić information content (AvgIpc) is 2.34. The third kappa shape index (κ3) is 2.56. The molecule has 0 radical (unpaired) electrons. The summed E-state index contributed by atoms with van der Waals surface area (Å²) in [5.74, 6) is 0.934. The van der Waals surface area contributed by atoms with Crippen molar-refractivity contribution < 1.29 is 4.79 Å². The highest BCUT2D eigenvalue weighted by molar-refractivity contribution is 8.03. The van der Waals surface area contributed by atoms with E-state index in [1.807, 2.05) is 0 Å². The van der Waals surface area contributed by atoms with Crippen LogP contribution in [0.25, 0.3) is 0 Å². The van der Waals surface area contributed by atoms with Gasteiger partial charge in [0.25, 0.3) is 0 Å². The minimum atomic E-state index is 0.276. The maximum atomic E-state index is 10.6. The molecule has 10 heavy (non-hydrogen) atoms. The minimum Gasteiger partial charge on any atom is -0.299 e. The van der Waals surface area contributed by atoms with Crippen LogP contribution in [-0.2, 0) is 4.79 Å².